The number of hydrogen-bond donors (Lipinski definition) is 3. The third-order valence-electron chi connectivity index (χ3n) is 3.25. The molecule has 0 atom stereocenters. The Balaban J connectivity index is 1.67. The Morgan fingerprint density at radius 1 is 1.04 bits per heavy atom. The van der Waals surface area contributed by atoms with E-state index in [1.165, 1.54) is 12.2 Å². The zero-order valence-corrected chi connectivity index (χ0v) is 12.1. The molecule has 1 aromatic heterocycles. The van der Waals surface area contributed by atoms with Crippen LogP contribution in [0.2, 0.25) is 0 Å². The minimum absolute atomic E-state index is 0.0119. The highest BCUT2D eigenvalue weighted by atomic mass is 16.7. The third-order valence-corrected chi connectivity index (χ3v) is 3.25. The second-order valence-electron chi connectivity index (χ2n) is 4.94. The summed E-state index contributed by atoms with van der Waals surface area (Å²) in [5.41, 5.74) is 0. The lowest BCUT2D eigenvalue weighted by atomic mass is 10.2. The molecule has 9 heteroatoms. The van der Waals surface area contributed by atoms with Crippen LogP contribution in [-0.4, -0.2) is 49.3 Å². The van der Waals surface area contributed by atoms with Crippen molar-refractivity contribution in [3.05, 3.63) is 18.2 Å². The standard InChI is InChI=1S/C14H16N2O7/c17-9-8-12(20)16(14(9)22)23-13(21)4-2-1-3-7-15-10(18)5-6-11(15)19/h5-6,8,17,20,22H,1-4,7H2. The number of imide groups is 1. The molecule has 9 nitrogen and oxygen atoms in total. The second kappa shape index (κ2) is 6.86. The van der Waals surface area contributed by atoms with Crippen LogP contribution in [0, 0.1) is 0 Å². The molecule has 2 rings (SSSR count). The summed E-state index contributed by atoms with van der Waals surface area (Å²) in [5.74, 6) is -3.37. The molecule has 1 aromatic rings. The molecule has 124 valence electrons. The van der Waals surface area contributed by atoms with Gasteiger partial charge in [0.25, 0.3) is 17.7 Å². The zero-order valence-electron chi connectivity index (χ0n) is 12.1. The van der Waals surface area contributed by atoms with E-state index in [2.05, 4.69) is 0 Å². The Bertz CT molecular complexity index is 644. The SMILES string of the molecule is O=C(CCCCCN1C(=O)C=CC1=O)On1c(O)cc(O)c1O. The smallest absolute Gasteiger partial charge is 0.333 e. The monoisotopic (exact) mass is 324 g/mol. The maximum Gasteiger partial charge on any atom is 0.333 e. The zero-order chi connectivity index (χ0) is 17.0. The third kappa shape index (κ3) is 3.82. The normalized spacial score (nSPS) is 13.8. The quantitative estimate of drug-likeness (QED) is 0.477. The van der Waals surface area contributed by atoms with Crippen LogP contribution >= 0.6 is 0 Å². The van der Waals surface area contributed by atoms with Crippen LogP contribution in [0.5, 0.6) is 17.5 Å². The average molecular weight is 324 g/mol. The topological polar surface area (TPSA) is 129 Å². The highest BCUT2D eigenvalue weighted by Gasteiger charge is 2.22. The van der Waals surface area contributed by atoms with Gasteiger partial charge in [0.05, 0.1) is 0 Å². The van der Waals surface area contributed by atoms with E-state index in [4.69, 9.17) is 9.94 Å². The van der Waals surface area contributed by atoms with Crippen molar-refractivity contribution < 1.29 is 34.5 Å². The van der Waals surface area contributed by atoms with Crippen molar-refractivity contribution in [1.29, 1.82) is 0 Å². The van der Waals surface area contributed by atoms with E-state index >= 15 is 0 Å². The van der Waals surface area contributed by atoms with Gasteiger partial charge in [-0.1, -0.05) is 6.42 Å². The molecule has 2 amide bonds. The molecule has 0 saturated carbocycles. The van der Waals surface area contributed by atoms with Crippen molar-refractivity contribution in [3.63, 3.8) is 0 Å². The van der Waals surface area contributed by atoms with E-state index in [0.29, 0.717) is 24.0 Å². The number of carbonyl (C=O) groups excluding carboxylic acids is 3. The molecule has 0 aliphatic carbocycles. The number of amides is 2. The first-order valence-corrected chi connectivity index (χ1v) is 6.97. The summed E-state index contributed by atoms with van der Waals surface area (Å²) in [6, 6.07) is 0.834. The molecule has 2 heterocycles. The van der Waals surface area contributed by atoms with E-state index in [0.717, 1.165) is 11.0 Å². The molecule has 0 aromatic carbocycles. The van der Waals surface area contributed by atoms with Gasteiger partial charge in [-0.05, 0) is 12.8 Å². The predicted molar refractivity (Wildman–Crippen MR) is 75.3 cm³/mol. The molecule has 0 fully saturated rings. The predicted octanol–water partition coefficient (Wildman–Crippen LogP) is 0.0455. The number of unbranched alkanes of at least 4 members (excludes halogenated alkanes) is 2. The van der Waals surface area contributed by atoms with Gasteiger partial charge in [-0.25, -0.2) is 4.79 Å². The van der Waals surface area contributed by atoms with Gasteiger partial charge in [-0.15, -0.1) is 4.73 Å². The summed E-state index contributed by atoms with van der Waals surface area (Å²) in [4.78, 5) is 40.0. The van der Waals surface area contributed by atoms with Crippen LogP contribution < -0.4 is 4.84 Å². The fourth-order valence-electron chi connectivity index (χ4n) is 2.06. The molecule has 3 N–H and O–H groups in total. The summed E-state index contributed by atoms with van der Waals surface area (Å²) in [7, 11) is 0. The van der Waals surface area contributed by atoms with Gasteiger partial charge in [0.2, 0.25) is 5.88 Å². The molecule has 0 unspecified atom stereocenters. The summed E-state index contributed by atoms with van der Waals surface area (Å²) in [5, 5.41) is 27.8. The van der Waals surface area contributed by atoms with Gasteiger partial charge in [-0.3, -0.25) is 14.5 Å². The first-order valence-electron chi connectivity index (χ1n) is 6.97. The maximum atomic E-state index is 11.6. The molecular formula is C14H16N2O7. The number of rotatable bonds is 7. The van der Waals surface area contributed by atoms with Gasteiger partial charge in [0, 0.05) is 31.2 Å². The average Bonchev–Trinajstić information content (AvgIpc) is 2.93. The largest absolute Gasteiger partial charge is 0.503 e. The lowest BCUT2D eigenvalue weighted by molar-refractivity contribution is -0.145. The molecule has 0 bridgehead atoms. The van der Waals surface area contributed by atoms with Gasteiger partial charge in [0.1, 0.15) is 0 Å². The van der Waals surface area contributed by atoms with Gasteiger partial charge >= 0.3 is 5.97 Å². The summed E-state index contributed by atoms with van der Waals surface area (Å²) >= 11 is 0. The van der Waals surface area contributed by atoms with Crippen molar-refractivity contribution in [2.75, 3.05) is 6.54 Å². The fourth-order valence-corrected chi connectivity index (χ4v) is 2.06. The number of nitrogens with zero attached hydrogens (tertiary/aromatic N) is 2. The minimum Gasteiger partial charge on any atom is -0.503 e. The van der Waals surface area contributed by atoms with E-state index in [1.54, 1.807) is 0 Å². The van der Waals surface area contributed by atoms with E-state index in [1.807, 2.05) is 0 Å². The van der Waals surface area contributed by atoms with Crippen molar-refractivity contribution in [2.24, 2.45) is 0 Å². The van der Waals surface area contributed by atoms with Crippen LogP contribution in [0.3, 0.4) is 0 Å². The van der Waals surface area contributed by atoms with Gasteiger partial charge in [-0.2, -0.15) is 0 Å². The maximum absolute atomic E-state index is 11.6. The Morgan fingerprint density at radius 3 is 2.26 bits per heavy atom. The highest BCUT2D eigenvalue weighted by Crippen LogP contribution is 2.31. The van der Waals surface area contributed by atoms with Crippen LogP contribution in [-0.2, 0) is 14.4 Å². The molecule has 1 aliphatic heterocycles. The fraction of sp³-hybridized carbons (Fsp3) is 0.357. The Kier molecular flexibility index (Phi) is 4.89. The minimum atomic E-state index is -0.769. The van der Waals surface area contributed by atoms with Crippen molar-refractivity contribution >= 4 is 17.8 Å². The van der Waals surface area contributed by atoms with E-state index in [-0.39, 0.29) is 24.8 Å². The van der Waals surface area contributed by atoms with Crippen molar-refractivity contribution in [1.82, 2.24) is 9.63 Å². The Labute approximate surface area is 130 Å². The first-order chi connectivity index (χ1) is 10.9. The van der Waals surface area contributed by atoms with Crippen molar-refractivity contribution in [2.45, 2.75) is 25.7 Å². The molecule has 1 aliphatic rings. The first kappa shape index (κ1) is 16.4. The molecular weight excluding hydrogens is 308 g/mol. The van der Waals surface area contributed by atoms with Crippen LogP contribution in [0.1, 0.15) is 25.7 Å². The van der Waals surface area contributed by atoms with Gasteiger partial charge < -0.3 is 20.2 Å². The van der Waals surface area contributed by atoms with Crippen LogP contribution in [0.25, 0.3) is 0 Å². The second-order valence-corrected chi connectivity index (χ2v) is 4.94. The lowest BCUT2D eigenvalue weighted by Gasteiger charge is -2.13. The lowest BCUT2D eigenvalue weighted by Crippen LogP contribution is -2.30. The van der Waals surface area contributed by atoms with E-state index < -0.39 is 23.5 Å². The molecule has 0 saturated heterocycles. The van der Waals surface area contributed by atoms with Crippen molar-refractivity contribution in [3.8, 4) is 17.5 Å². The number of hydrogen-bond acceptors (Lipinski definition) is 7. The molecule has 0 spiro atoms. The highest BCUT2D eigenvalue weighted by molar-refractivity contribution is 6.12. The molecule has 0 radical (unpaired) electrons. The number of carbonyl (C=O) groups is 3. The number of aromatic nitrogens is 1. The summed E-state index contributed by atoms with van der Waals surface area (Å²) < 4.78 is 0.422. The summed E-state index contributed by atoms with van der Waals surface area (Å²) in [6.07, 6.45) is 4.01. The Hall–Kier alpha value is -2.97. The van der Waals surface area contributed by atoms with E-state index in [9.17, 15) is 24.6 Å². The summed E-state index contributed by atoms with van der Waals surface area (Å²) in [6.45, 7) is 0.284. The van der Waals surface area contributed by atoms with Gasteiger partial charge in [0.15, 0.2) is 5.75 Å². The van der Waals surface area contributed by atoms with Crippen LogP contribution in [0.4, 0.5) is 0 Å². The number of aromatic hydroxyl groups is 3. The molecule has 23 heavy (non-hydrogen) atoms. The Morgan fingerprint density at radius 2 is 1.70 bits per heavy atom. The van der Waals surface area contributed by atoms with Crippen LogP contribution in [0.15, 0.2) is 18.2 Å².